The molecule has 3 aromatic rings. The van der Waals surface area contributed by atoms with E-state index in [0.29, 0.717) is 29.3 Å². The molecule has 1 aromatic heterocycles. The average Bonchev–Trinajstić information content (AvgIpc) is 2.79. The Morgan fingerprint density at radius 3 is 2.57 bits per heavy atom. The lowest BCUT2D eigenvalue weighted by Gasteiger charge is -2.12. The molecule has 0 radical (unpaired) electrons. The van der Waals surface area contributed by atoms with Crippen LogP contribution in [0.3, 0.4) is 0 Å². The minimum absolute atomic E-state index is 0.323. The van der Waals surface area contributed by atoms with Gasteiger partial charge >= 0.3 is 0 Å². The van der Waals surface area contributed by atoms with Crippen LogP contribution >= 0.6 is 11.6 Å². The number of hydrogen-bond donors (Lipinski definition) is 0. The van der Waals surface area contributed by atoms with Crippen molar-refractivity contribution >= 4 is 22.6 Å². The molecule has 2 nitrogen and oxygen atoms in total. The number of benzene rings is 2. The molecule has 0 aliphatic carbocycles. The minimum Gasteiger partial charge on any atom is -0.296 e. The molecule has 0 N–H and O–H groups in total. The molecule has 0 atom stereocenters. The monoisotopic (exact) mass is 306 g/mol. The SMILES string of the molecule is Cc1ccc(F)cc1-n1c(CCCl)nc2cc(F)ccc21. The van der Waals surface area contributed by atoms with E-state index in [0.717, 1.165) is 11.1 Å². The molecule has 0 aliphatic rings. The molecule has 0 spiro atoms. The molecule has 0 bridgehead atoms. The van der Waals surface area contributed by atoms with E-state index in [4.69, 9.17) is 11.6 Å². The number of aromatic nitrogens is 2. The Hall–Kier alpha value is -1.94. The van der Waals surface area contributed by atoms with Crippen LogP contribution in [0.25, 0.3) is 16.7 Å². The molecule has 0 unspecified atom stereocenters. The van der Waals surface area contributed by atoms with E-state index in [9.17, 15) is 8.78 Å². The van der Waals surface area contributed by atoms with Crippen LogP contribution in [0.4, 0.5) is 8.78 Å². The van der Waals surface area contributed by atoms with E-state index in [-0.39, 0.29) is 11.6 Å². The van der Waals surface area contributed by atoms with Crippen molar-refractivity contribution in [1.29, 1.82) is 0 Å². The third-order valence-corrected chi connectivity index (χ3v) is 3.61. The van der Waals surface area contributed by atoms with Gasteiger partial charge in [-0.25, -0.2) is 13.8 Å². The van der Waals surface area contributed by atoms with Crippen LogP contribution in [0.2, 0.25) is 0 Å². The molecule has 5 heteroatoms. The van der Waals surface area contributed by atoms with Crippen molar-refractivity contribution in [3.8, 4) is 5.69 Å². The van der Waals surface area contributed by atoms with E-state index < -0.39 is 0 Å². The second kappa shape index (κ2) is 5.45. The number of fused-ring (bicyclic) bond motifs is 1. The molecule has 0 fully saturated rings. The summed E-state index contributed by atoms with van der Waals surface area (Å²) in [6.45, 7) is 1.90. The van der Waals surface area contributed by atoms with Gasteiger partial charge in [0, 0.05) is 18.4 Å². The summed E-state index contributed by atoms with van der Waals surface area (Å²) in [7, 11) is 0. The number of rotatable bonds is 3. The fourth-order valence-electron chi connectivity index (χ4n) is 2.45. The van der Waals surface area contributed by atoms with E-state index >= 15 is 0 Å². The Morgan fingerprint density at radius 2 is 1.81 bits per heavy atom. The van der Waals surface area contributed by atoms with Gasteiger partial charge in [-0.3, -0.25) is 4.57 Å². The lowest BCUT2D eigenvalue weighted by molar-refractivity contribution is 0.625. The summed E-state index contributed by atoms with van der Waals surface area (Å²) in [5.41, 5.74) is 2.89. The first-order chi connectivity index (χ1) is 10.1. The predicted octanol–water partition coefficient (Wildman–Crippen LogP) is 4.39. The Balaban J connectivity index is 2.33. The van der Waals surface area contributed by atoms with Crippen molar-refractivity contribution in [2.75, 3.05) is 5.88 Å². The predicted molar refractivity (Wildman–Crippen MR) is 80.1 cm³/mol. The van der Waals surface area contributed by atoms with Crippen molar-refractivity contribution in [3.63, 3.8) is 0 Å². The third-order valence-electron chi connectivity index (χ3n) is 3.42. The fourth-order valence-corrected chi connectivity index (χ4v) is 2.62. The average molecular weight is 307 g/mol. The first-order valence-electron chi connectivity index (χ1n) is 6.59. The Labute approximate surface area is 126 Å². The summed E-state index contributed by atoms with van der Waals surface area (Å²) in [5, 5.41) is 0. The van der Waals surface area contributed by atoms with Crippen LogP contribution in [-0.4, -0.2) is 15.4 Å². The second-order valence-electron chi connectivity index (χ2n) is 4.87. The van der Waals surface area contributed by atoms with Crippen LogP contribution in [0, 0.1) is 18.6 Å². The highest BCUT2D eigenvalue weighted by atomic mass is 35.5. The number of hydrogen-bond acceptors (Lipinski definition) is 1. The van der Waals surface area contributed by atoms with E-state index in [1.165, 1.54) is 24.3 Å². The maximum absolute atomic E-state index is 13.6. The molecule has 2 aromatic carbocycles. The summed E-state index contributed by atoms with van der Waals surface area (Å²) < 4.78 is 28.8. The second-order valence-corrected chi connectivity index (χ2v) is 5.24. The smallest absolute Gasteiger partial charge is 0.125 e. The maximum atomic E-state index is 13.6. The number of imidazole rings is 1. The molecule has 3 rings (SSSR count). The van der Waals surface area contributed by atoms with Gasteiger partial charge in [0.25, 0.3) is 0 Å². The molecule has 0 amide bonds. The van der Waals surface area contributed by atoms with Gasteiger partial charge in [0.05, 0.1) is 16.7 Å². The number of nitrogens with zero attached hydrogens (tertiary/aromatic N) is 2. The van der Waals surface area contributed by atoms with Crippen LogP contribution in [0.5, 0.6) is 0 Å². The molecular formula is C16H13ClF2N2. The zero-order chi connectivity index (χ0) is 15.0. The normalized spacial score (nSPS) is 11.2. The Kier molecular flexibility index (Phi) is 3.64. The quantitative estimate of drug-likeness (QED) is 0.656. The zero-order valence-electron chi connectivity index (χ0n) is 11.4. The molecule has 108 valence electrons. The maximum Gasteiger partial charge on any atom is 0.125 e. The summed E-state index contributed by atoms with van der Waals surface area (Å²) >= 11 is 5.82. The van der Waals surface area contributed by atoms with Gasteiger partial charge in [-0.15, -0.1) is 11.6 Å². The van der Waals surface area contributed by atoms with Crippen molar-refractivity contribution < 1.29 is 8.78 Å². The molecule has 1 heterocycles. The zero-order valence-corrected chi connectivity index (χ0v) is 12.2. The summed E-state index contributed by atoms with van der Waals surface area (Å²) in [6, 6.07) is 8.98. The van der Waals surface area contributed by atoms with Gasteiger partial charge in [0.2, 0.25) is 0 Å². The first kappa shape index (κ1) is 14.0. The standard InChI is InChI=1S/C16H13ClF2N2/c1-10-2-3-12(19)9-15(10)21-14-5-4-11(18)8-13(14)20-16(21)6-7-17/h2-5,8-9H,6-7H2,1H3. The topological polar surface area (TPSA) is 17.8 Å². The van der Waals surface area contributed by atoms with Crippen LogP contribution in [-0.2, 0) is 6.42 Å². The first-order valence-corrected chi connectivity index (χ1v) is 7.13. The van der Waals surface area contributed by atoms with Gasteiger partial charge in [-0.05, 0) is 36.8 Å². The van der Waals surface area contributed by atoms with Crippen LogP contribution in [0.15, 0.2) is 36.4 Å². The highest BCUT2D eigenvalue weighted by Gasteiger charge is 2.14. The van der Waals surface area contributed by atoms with E-state index in [2.05, 4.69) is 4.98 Å². The van der Waals surface area contributed by atoms with Gasteiger partial charge in [-0.1, -0.05) is 6.07 Å². The number of alkyl halides is 1. The number of aryl methyl sites for hydroxylation is 2. The van der Waals surface area contributed by atoms with E-state index in [1.807, 2.05) is 11.5 Å². The third kappa shape index (κ3) is 2.51. The molecule has 0 saturated heterocycles. The van der Waals surface area contributed by atoms with Gasteiger partial charge in [-0.2, -0.15) is 0 Å². The van der Waals surface area contributed by atoms with Crippen molar-refractivity contribution in [1.82, 2.24) is 9.55 Å². The summed E-state index contributed by atoms with van der Waals surface area (Å²) in [4.78, 5) is 4.43. The van der Waals surface area contributed by atoms with Crippen molar-refractivity contribution in [2.24, 2.45) is 0 Å². The van der Waals surface area contributed by atoms with Crippen LogP contribution < -0.4 is 0 Å². The summed E-state index contributed by atoms with van der Waals surface area (Å²) in [6.07, 6.45) is 0.522. The number of halogens is 3. The molecule has 0 aliphatic heterocycles. The fraction of sp³-hybridized carbons (Fsp3) is 0.188. The highest BCUT2D eigenvalue weighted by Crippen LogP contribution is 2.25. The van der Waals surface area contributed by atoms with Gasteiger partial charge in [0.15, 0.2) is 0 Å². The lowest BCUT2D eigenvalue weighted by atomic mass is 10.2. The Morgan fingerprint density at radius 1 is 1.10 bits per heavy atom. The largest absolute Gasteiger partial charge is 0.296 e. The minimum atomic E-state index is -0.347. The van der Waals surface area contributed by atoms with Crippen molar-refractivity contribution in [3.05, 3.63) is 59.4 Å². The molecule has 0 saturated carbocycles. The molecule has 21 heavy (non-hydrogen) atoms. The highest BCUT2D eigenvalue weighted by molar-refractivity contribution is 6.17. The molecular weight excluding hydrogens is 294 g/mol. The van der Waals surface area contributed by atoms with Gasteiger partial charge < -0.3 is 0 Å². The van der Waals surface area contributed by atoms with Crippen molar-refractivity contribution in [2.45, 2.75) is 13.3 Å². The lowest BCUT2D eigenvalue weighted by Crippen LogP contribution is -2.04. The van der Waals surface area contributed by atoms with E-state index in [1.54, 1.807) is 12.1 Å². The van der Waals surface area contributed by atoms with Gasteiger partial charge in [0.1, 0.15) is 17.5 Å². The summed E-state index contributed by atoms with van der Waals surface area (Å²) in [5.74, 6) is 0.413. The Bertz CT molecular complexity index is 811. The van der Waals surface area contributed by atoms with Crippen LogP contribution in [0.1, 0.15) is 11.4 Å².